The Morgan fingerprint density at radius 2 is 1.93 bits per heavy atom. The molecule has 1 aromatic carbocycles. The van der Waals surface area contributed by atoms with Crippen molar-refractivity contribution >= 4 is 74.2 Å². The van der Waals surface area contributed by atoms with E-state index in [9.17, 15) is 24.0 Å². The summed E-state index contributed by atoms with van der Waals surface area (Å²) in [4.78, 5) is 72.2. The minimum atomic E-state index is -0.976. The quantitative estimate of drug-likeness (QED) is 0.268. The Balaban J connectivity index is 1.22. The Kier molecular flexibility index (Phi) is 10.5. The number of amides is 5. The fraction of sp³-hybridized carbons (Fsp3) is 0.467. The molecule has 5 amide bonds. The first-order valence-corrected chi connectivity index (χ1v) is 17.4. The molecule has 2 aliphatic rings. The van der Waals surface area contributed by atoms with Crippen LogP contribution in [0.3, 0.4) is 0 Å². The lowest BCUT2D eigenvalue weighted by Crippen LogP contribution is -2.65. The number of para-hydroxylation sites is 1. The molecule has 4 heterocycles. The van der Waals surface area contributed by atoms with Crippen LogP contribution in [0.15, 0.2) is 46.1 Å². The molecule has 44 heavy (non-hydrogen) atoms. The van der Waals surface area contributed by atoms with E-state index in [1.807, 2.05) is 55.6 Å². The van der Waals surface area contributed by atoms with Crippen molar-refractivity contribution in [1.29, 1.82) is 0 Å². The highest BCUT2D eigenvalue weighted by atomic mass is 32.2. The average Bonchev–Trinajstić information content (AvgIpc) is 3.67. The van der Waals surface area contributed by atoms with E-state index in [4.69, 9.17) is 0 Å². The number of carbonyl (C=O) groups excluding carboxylic acids is 5. The van der Waals surface area contributed by atoms with Crippen molar-refractivity contribution in [2.45, 2.75) is 68.4 Å². The largest absolute Gasteiger partial charge is 0.344 e. The van der Waals surface area contributed by atoms with Crippen molar-refractivity contribution in [3.63, 3.8) is 0 Å². The molecule has 3 aromatic rings. The second kappa shape index (κ2) is 14.5. The number of ketones is 1. The maximum atomic E-state index is 13.8. The van der Waals surface area contributed by atoms with E-state index >= 15 is 0 Å². The second-order valence-corrected chi connectivity index (χ2v) is 14.4. The van der Waals surface area contributed by atoms with Gasteiger partial charge in [-0.25, -0.2) is 14.8 Å². The van der Waals surface area contributed by atoms with Gasteiger partial charge in [0.05, 0.1) is 22.0 Å². The monoisotopic (exact) mass is 656 g/mol. The Labute approximate surface area is 268 Å². The number of hydrazine groups is 1. The first kappa shape index (κ1) is 31.9. The number of carbonyl (C=O) groups is 5. The molecule has 14 heteroatoms. The molecule has 11 nitrogen and oxygen atoms in total. The molecular formula is C30H36N6O5S3. The topological polar surface area (TPSA) is 141 Å². The summed E-state index contributed by atoms with van der Waals surface area (Å²) in [5, 5.41) is 12.9. The first-order valence-electron chi connectivity index (χ1n) is 14.7. The average molecular weight is 657 g/mol. The molecule has 2 aromatic heterocycles. The number of benzene rings is 1. The van der Waals surface area contributed by atoms with E-state index in [0.29, 0.717) is 32.4 Å². The van der Waals surface area contributed by atoms with Gasteiger partial charge in [-0.05, 0) is 55.2 Å². The number of nitrogens with zero attached hydrogens (tertiary/aromatic N) is 3. The van der Waals surface area contributed by atoms with Gasteiger partial charge in [-0.3, -0.25) is 24.2 Å². The number of urea groups is 1. The van der Waals surface area contributed by atoms with Gasteiger partial charge in [0.25, 0.3) is 5.91 Å². The molecule has 2 aliphatic heterocycles. The third-order valence-electron chi connectivity index (χ3n) is 7.63. The molecule has 234 valence electrons. The number of thioether (sulfide) groups is 1. The third kappa shape index (κ3) is 7.59. The van der Waals surface area contributed by atoms with E-state index in [0.717, 1.165) is 19.4 Å². The number of aromatic nitrogens is 1. The highest BCUT2D eigenvalue weighted by Crippen LogP contribution is 2.30. The van der Waals surface area contributed by atoms with Crippen molar-refractivity contribution in [2.75, 3.05) is 18.8 Å². The van der Waals surface area contributed by atoms with Crippen molar-refractivity contribution in [1.82, 2.24) is 31.0 Å². The van der Waals surface area contributed by atoms with Crippen LogP contribution in [0.25, 0.3) is 10.2 Å². The molecule has 2 fully saturated rings. The number of rotatable bonds is 11. The van der Waals surface area contributed by atoms with Crippen molar-refractivity contribution < 1.29 is 24.0 Å². The van der Waals surface area contributed by atoms with Gasteiger partial charge in [-0.1, -0.05) is 43.8 Å². The minimum Gasteiger partial charge on any atom is -0.344 e. The van der Waals surface area contributed by atoms with Crippen molar-refractivity contribution in [2.24, 2.45) is 5.92 Å². The van der Waals surface area contributed by atoms with Gasteiger partial charge >= 0.3 is 6.03 Å². The Bertz CT molecular complexity index is 1480. The van der Waals surface area contributed by atoms with E-state index < -0.39 is 36.0 Å². The molecule has 0 saturated carbocycles. The standard InChI is InChI=1S/C30H36N6O5S3/c1-18(2)26(23(37)17-43-30-33-20-8-3-4-10-24(20)44-30)34-27(39)22-9-5-15-35-25(38)12-11-21(28(40)36(22)35)32-29(41)31-14-13-19-7-6-16-42-19/h3-4,6-8,10,16,18,21-22,26H,5,9,11-15,17H2,1-2H3,(H,34,39)(H2,31,32,41)/t21?,22-,26-/m0/s1. The summed E-state index contributed by atoms with van der Waals surface area (Å²) in [6, 6.07) is 8.48. The molecule has 3 N–H and O–H groups in total. The fourth-order valence-corrected chi connectivity index (χ4v) is 8.07. The van der Waals surface area contributed by atoms with Crippen LogP contribution in [0, 0.1) is 5.92 Å². The number of hydrogen-bond donors (Lipinski definition) is 3. The zero-order valence-corrected chi connectivity index (χ0v) is 27.1. The molecule has 5 rings (SSSR count). The molecule has 0 spiro atoms. The SMILES string of the molecule is CC(C)[C@H](NC(=O)[C@@H]1CCCN2C(=O)CCC(NC(=O)NCCc3cccs3)C(=O)N12)C(=O)CSc1nc2ccccc2s1. The smallest absolute Gasteiger partial charge is 0.315 e. The van der Waals surface area contributed by atoms with Crippen molar-refractivity contribution in [3.8, 4) is 0 Å². The summed E-state index contributed by atoms with van der Waals surface area (Å²) in [5.41, 5.74) is 0.878. The first-order chi connectivity index (χ1) is 21.2. The van der Waals surface area contributed by atoms with Crippen LogP contribution in [-0.2, 0) is 25.6 Å². The van der Waals surface area contributed by atoms with E-state index in [1.54, 1.807) is 11.3 Å². The summed E-state index contributed by atoms with van der Waals surface area (Å²) in [6.45, 7) is 4.42. The fourth-order valence-electron chi connectivity index (χ4n) is 5.37. The van der Waals surface area contributed by atoms with Gasteiger partial charge in [0.2, 0.25) is 11.8 Å². The van der Waals surface area contributed by atoms with E-state index in [1.165, 1.54) is 33.1 Å². The maximum Gasteiger partial charge on any atom is 0.315 e. The van der Waals surface area contributed by atoms with Crippen LogP contribution in [0.5, 0.6) is 0 Å². The summed E-state index contributed by atoms with van der Waals surface area (Å²) >= 11 is 4.45. The molecule has 3 atom stereocenters. The minimum absolute atomic E-state index is 0.0623. The highest BCUT2D eigenvalue weighted by Gasteiger charge is 2.45. The van der Waals surface area contributed by atoms with Crippen LogP contribution >= 0.6 is 34.4 Å². The molecule has 1 unspecified atom stereocenters. The number of Topliss-reactive ketones (excluding diaryl/α,β-unsaturated/α-hetero) is 1. The van der Waals surface area contributed by atoms with Crippen LogP contribution < -0.4 is 16.0 Å². The number of fused-ring (bicyclic) bond motifs is 2. The molecule has 0 bridgehead atoms. The van der Waals surface area contributed by atoms with Gasteiger partial charge in [-0.15, -0.1) is 22.7 Å². The summed E-state index contributed by atoms with van der Waals surface area (Å²) in [6.07, 6.45) is 1.72. The van der Waals surface area contributed by atoms with Crippen LogP contribution in [-0.4, -0.2) is 81.5 Å². The number of nitrogens with one attached hydrogen (secondary N) is 3. The predicted octanol–water partition coefficient (Wildman–Crippen LogP) is 3.60. The Morgan fingerprint density at radius 1 is 1.11 bits per heavy atom. The van der Waals surface area contributed by atoms with Gasteiger partial charge in [0.15, 0.2) is 10.1 Å². The zero-order valence-electron chi connectivity index (χ0n) is 24.6. The van der Waals surface area contributed by atoms with Gasteiger partial charge in [0.1, 0.15) is 12.1 Å². The summed E-state index contributed by atoms with van der Waals surface area (Å²) in [5.74, 6) is -1.49. The van der Waals surface area contributed by atoms with Gasteiger partial charge < -0.3 is 16.0 Å². The van der Waals surface area contributed by atoms with E-state index in [2.05, 4.69) is 20.9 Å². The number of hydrogen-bond acceptors (Lipinski definition) is 9. The van der Waals surface area contributed by atoms with Crippen LogP contribution in [0.4, 0.5) is 4.79 Å². The number of thiazole rings is 1. The number of thiophene rings is 1. The van der Waals surface area contributed by atoms with E-state index in [-0.39, 0.29) is 36.2 Å². The molecule has 2 saturated heterocycles. The summed E-state index contributed by atoms with van der Waals surface area (Å²) in [7, 11) is 0. The Hall–Kier alpha value is -3.49. The predicted molar refractivity (Wildman–Crippen MR) is 171 cm³/mol. The summed E-state index contributed by atoms with van der Waals surface area (Å²) < 4.78 is 1.82. The Morgan fingerprint density at radius 3 is 2.68 bits per heavy atom. The molecule has 0 aliphatic carbocycles. The second-order valence-electron chi connectivity index (χ2n) is 11.1. The molecule has 0 radical (unpaired) electrons. The third-order valence-corrected chi connectivity index (χ3v) is 10.8. The van der Waals surface area contributed by atoms with Gasteiger partial charge in [-0.2, -0.15) is 0 Å². The van der Waals surface area contributed by atoms with Crippen molar-refractivity contribution in [3.05, 3.63) is 46.7 Å². The lowest BCUT2D eigenvalue weighted by molar-refractivity contribution is -0.176. The van der Waals surface area contributed by atoms with Gasteiger partial charge in [0, 0.05) is 24.4 Å². The van der Waals surface area contributed by atoms with Crippen LogP contribution in [0.1, 0.15) is 44.4 Å². The highest BCUT2D eigenvalue weighted by molar-refractivity contribution is 8.01. The lowest BCUT2D eigenvalue weighted by Gasteiger charge is -2.43. The normalized spacial score (nSPS) is 19.4. The lowest BCUT2D eigenvalue weighted by atomic mass is 9.99. The molecular weight excluding hydrogens is 621 g/mol. The zero-order chi connectivity index (χ0) is 31.2. The van der Waals surface area contributed by atoms with Crippen LogP contribution in [0.2, 0.25) is 0 Å². The maximum absolute atomic E-state index is 13.8.